The molecule has 0 fully saturated rings. The van der Waals surface area contributed by atoms with E-state index in [9.17, 15) is 0 Å². The fourth-order valence-electron chi connectivity index (χ4n) is 2.78. The minimum Gasteiger partial charge on any atom is -0.337 e. The largest absolute Gasteiger partial charge is 0.337 e. The van der Waals surface area contributed by atoms with E-state index in [2.05, 4.69) is 85.1 Å². The first-order valence-electron chi connectivity index (χ1n) is 7.86. The predicted molar refractivity (Wildman–Crippen MR) is 92.1 cm³/mol. The standard InChI is InChI=1S/C19H30N2/c1-17(2,3)15-11-10-14-13(20-15)12-16(18(4,5)6)21(14)19(7,8)9/h10-12H,1-9H3. The molecule has 0 saturated heterocycles. The van der Waals surface area contributed by atoms with Gasteiger partial charge in [-0.15, -0.1) is 0 Å². The molecule has 0 aliphatic heterocycles. The minimum absolute atomic E-state index is 0.0509. The van der Waals surface area contributed by atoms with Crippen molar-refractivity contribution >= 4 is 11.0 Å². The molecule has 0 aromatic carbocycles. The van der Waals surface area contributed by atoms with Crippen LogP contribution >= 0.6 is 0 Å². The van der Waals surface area contributed by atoms with Crippen LogP contribution in [0, 0.1) is 0 Å². The molecule has 0 atom stereocenters. The molecule has 0 spiro atoms. The van der Waals surface area contributed by atoms with Crippen LogP contribution in [-0.2, 0) is 16.4 Å². The molecule has 2 heteroatoms. The number of aromatic nitrogens is 2. The van der Waals surface area contributed by atoms with Crippen molar-refractivity contribution in [3.05, 3.63) is 29.6 Å². The zero-order valence-electron chi connectivity index (χ0n) is 15.1. The quantitative estimate of drug-likeness (QED) is 0.635. The van der Waals surface area contributed by atoms with Crippen molar-refractivity contribution in [2.45, 2.75) is 78.7 Å². The first-order chi connectivity index (χ1) is 9.32. The number of pyridine rings is 1. The van der Waals surface area contributed by atoms with E-state index in [0.29, 0.717) is 0 Å². The monoisotopic (exact) mass is 286 g/mol. The van der Waals surface area contributed by atoms with E-state index in [1.165, 1.54) is 11.2 Å². The molecule has 21 heavy (non-hydrogen) atoms. The second-order valence-corrected chi connectivity index (χ2v) is 9.14. The van der Waals surface area contributed by atoms with E-state index < -0.39 is 0 Å². The van der Waals surface area contributed by atoms with E-state index in [-0.39, 0.29) is 16.4 Å². The highest BCUT2D eigenvalue weighted by molar-refractivity contribution is 5.78. The Morgan fingerprint density at radius 3 is 1.81 bits per heavy atom. The van der Waals surface area contributed by atoms with Crippen molar-refractivity contribution in [3.63, 3.8) is 0 Å². The number of hydrogen-bond donors (Lipinski definition) is 0. The molecular formula is C19H30N2. The predicted octanol–water partition coefficient (Wildman–Crippen LogP) is 5.39. The van der Waals surface area contributed by atoms with Crippen LogP contribution < -0.4 is 0 Å². The Kier molecular flexibility index (Phi) is 3.51. The van der Waals surface area contributed by atoms with Crippen LogP contribution in [-0.4, -0.2) is 9.55 Å². The molecule has 0 unspecified atom stereocenters. The first-order valence-corrected chi connectivity index (χ1v) is 7.86. The van der Waals surface area contributed by atoms with Crippen LogP contribution in [0.4, 0.5) is 0 Å². The minimum atomic E-state index is 0.0509. The van der Waals surface area contributed by atoms with Crippen molar-refractivity contribution in [2.75, 3.05) is 0 Å². The Labute approximate surface area is 129 Å². The normalized spacial score (nSPS) is 14.0. The van der Waals surface area contributed by atoms with Gasteiger partial charge in [-0.1, -0.05) is 41.5 Å². The van der Waals surface area contributed by atoms with Crippen LogP contribution in [0.2, 0.25) is 0 Å². The maximum absolute atomic E-state index is 4.93. The van der Waals surface area contributed by atoms with E-state index >= 15 is 0 Å². The van der Waals surface area contributed by atoms with Gasteiger partial charge in [0, 0.05) is 27.8 Å². The average Bonchev–Trinajstić information content (AvgIpc) is 2.64. The van der Waals surface area contributed by atoms with Crippen molar-refractivity contribution in [2.24, 2.45) is 0 Å². The molecule has 2 rings (SSSR count). The van der Waals surface area contributed by atoms with Crippen LogP contribution in [0.5, 0.6) is 0 Å². The van der Waals surface area contributed by atoms with E-state index in [4.69, 9.17) is 4.98 Å². The Hall–Kier alpha value is -1.31. The molecule has 116 valence electrons. The molecule has 0 saturated carbocycles. The average molecular weight is 286 g/mol. The van der Waals surface area contributed by atoms with Gasteiger partial charge in [0.1, 0.15) is 0 Å². The summed E-state index contributed by atoms with van der Waals surface area (Å²) >= 11 is 0. The van der Waals surface area contributed by atoms with Gasteiger partial charge < -0.3 is 4.57 Å². The highest BCUT2D eigenvalue weighted by atomic mass is 15.1. The number of hydrogen-bond acceptors (Lipinski definition) is 1. The summed E-state index contributed by atoms with van der Waals surface area (Å²) in [5.41, 5.74) is 5.10. The van der Waals surface area contributed by atoms with Crippen LogP contribution in [0.3, 0.4) is 0 Å². The molecule has 2 heterocycles. The summed E-state index contributed by atoms with van der Waals surface area (Å²) in [4.78, 5) is 4.93. The summed E-state index contributed by atoms with van der Waals surface area (Å²) < 4.78 is 2.45. The van der Waals surface area contributed by atoms with Crippen LogP contribution in [0.25, 0.3) is 11.0 Å². The Bertz CT molecular complexity index is 656. The molecule has 2 aromatic rings. The molecule has 0 N–H and O–H groups in total. The van der Waals surface area contributed by atoms with Crippen molar-refractivity contribution < 1.29 is 0 Å². The molecule has 2 nitrogen and oxygen atoms in total. The van der Waals surface area contributed by atoms with E-state index in [1.54, 1.807) is 0 Å². The summed E-state index contributed by atoms with van der Waals surface area (Å²) in [6.07, 6.45) is 0. The lowest BCUT2D eigenvalue weighted by Crippen LogP contribution is -2.28. The van der Waals surface area contributed by atoms with Crippen molar-refractivity contribution in [3.8, 4) is 0 Å². The summed E-state index contributed by atoms with van der Waals surface area (Å²) in [6.45, 7) is 20.3. The lowest BCUT2D eigenvalue weighted by molar-refractivity contribution is 0.371. The van der Waals surface area contributed by atoms with Gasteiger partial charge in [-0.05, 0) is 39.0 Å². The molecular weight excluding hydrogens is 256 g/mol. The lowest BCUT2D eigenvalue weighted by Gasteiger charge is -2.31. The molecule has 0 aliphatic carbocycles. The fraction of sp³-hybridized carbons (Fsp3) is 0.632. The Balaban J connectivity index is 2.80. The Morgan fingerprint density at radius 2 is 1.38 bits per heavy atom. The topological polar surface area (TPSA) is 17.8 Å². The van der Waals surface area contributed by atoms with Gasteiger partial charge >= 0.3 is 0 Å². The zero-order valence-corrected chi connectivity index (χ0v) is 15.1. The smallest absolute Gasteiger partial charge is 0.0887 e. The second kappa shape index (κ2) is 4.59. The zero-order chi connectivity index (χ0) is 16.2. The van der Waals surface area contributed by atoms with Crippen molar-refractivity contribution in [1.82, 2.24) is 9.55 Å². The fourth-order valence-corrected chi connectivity index (χ4v) is 2.78. The second-order valence-electron chi connectivity index (χ2n) is 9.14. The van der Waals surface area contributed by atoms with Crippen molar-refractivity contribution in [1.29, 1.82) is 0 Å². The van der Waals surface area contributed by atoms with Crippen LogP contribution in [0.15, 0.2) is 18.2 Å². The van der Waals surface area contributed by atoms with Crippen LogP contribution in [0.1, 0.15) is 73.7 Å². The molecule has 2 aromatic heterocycles. The summed E-state index contributed by atoms with van der Waals surface area (Å²) in [5, 5.41) is 0. The molecule has 0 radical (unpaired) electrons. The van der Waals surface area contributed by atoms with Gasteiger partial charge in [0.15, 0.2) is 0 Å². The summed E-state index contributed by atoms with van der Waals surface area (Å²) in [6, 6.07) is 6.69. The summed E-state index contributed by atoms with van der Waals surface area (Å²) in [7, 11) is 0. The highest BCUT2D eigenvalue weighted by Crippen LogP contribution is 2.34. The maximum Gasteiger partial charge on any atom is 0.0887 e. The lowest BCUT2D eigenvalue weighted by atomic mass is 9.91. The van der Waals surface area contributed by atoms with Gasteiger partial charge in [0.2, 0.25) is 0 Å². The number of nitrogens with zero attached hydrogens (tertiary/aromatic N) is 2. The van der Waals surface area contributed by atoms with E-state index in [1.807, 2.05) is 0 Å². The SMILES string of the molecule is CC(C)(C)c1ccc2c(cc(C(C)(C)C)n2C(C)(C)C)n1. The Morgan fingerprint density at radius 1 is 0.810 bits per heavy atom. The third-order valence-corrected chi connectivity index (χ3v) is 3.87. The van der Waals surface area contributed by atoms with Gasteiger partial charge in [0.05, 0.1) is 11.0 Å². The first kappa shape index (κ1) is 16.1. The summed E-state index contributed by atoms with van der Waals surface area (Å²) in [5.74, 6) is 0. The maximum atomic E-state index is 4.93. The molecule has 0 bridgehead atoms. The third-order valence-electron chi connectivity index (χ3n) is 3.87. The van der Waals surface area contributed by atoms with Gasteiger partial charge in [-0.25, -0.2) is 0 Å². The molecule has 0 aliphatic rings. The van der Waals surface area contributed by atoms with Gasteiger partial charge in [0.25, 0.3) is 0 Å². The third kappa shape index (κ3) is 3.00. The van der Waals surface area contributed by atoms with E-state index in [0.717, 1.165) is 11.2 Å². The van der Waals surface area contributed by atoms with Gasteiger partial charge in [-0.2, -0.15) is 0 Å². The number of fused-ring (bicyclic) bond motifs is 1. The highest BCUT2D eigenvalue weighted by Gasteiger charge is 2.28. The number of rotatable bonds is 0. The van der Waals surface area contributed by atoms with Gasteiger partial charge in [-0.3, -0.25) is 4.98 Å². The molecule has 0 amide bonds.